The minimum absolute atomic E-state index is 0.112. The van der Waals surface area contributed by atoms with Gasteiger partial charge in [0.2, 0.25) is 0 Å². The molecule has 0 heterocycles. The summed E-state index contributed by atoms with van der Waals surface area (Å²) in [6.07, 6.45) is 0.784. The normalized spacial score (nSPS) is 9.00. The van der Waals surface area contributed by atoms with Crippen LogP contribution in [0.2, 0.25) is 0 Å². The van der Waals surface area contributed by atoms with E-state index in [9.17, 15) is 9.18 Å². The molecule has 1 aromatic rings. The quantitative estimate of drug-likeness (QED) is 0.565. The third-order valence-corrected chi connectivity index (χ3v) is 1.65. The average Bonchev–Trinajstić information content (AvgIpc) is 2.19. The lowest BCUT2D eigenvalue weighted by Crippen LogP contribution is -1.90. The van der Waals surface area contributed by atoms with E-state index in [2.05, 4.69) is 11.8 Å². The Hall–Kier alpha value is -1.66. The highest BCUT2D eigenvalue weighted by molar-refractivity contribution is 5.55. The number of carbonyl (C=O) groups is 1. The number of aliphatic hydroxyl groups excluding tert-OH is 1. The second-order valence-corrected chi connectivity index (χ2v) is 2.63. The summed E-state index contributed by atoms with van der Waals surface area (Å²) in [5.41, 5.74) is 0.985. The molecule has 14 heavy (non-hydrogen) atoms. The highest BCUT2D eigenvalue weighted by Crippen LogP contribution is 2.09. The Kier molecular flexibility index (Phi) is 3.84. The van der Waals surface area contributed by atoms with Crippen molar-refractivity contribution >= 4 is 6.29 Å². The summed E-state index contributed by atoms with van der Waals surface area (Å²) >= 11 is 0. The molecule has 1 aromatic carbocycles. The predicted molar refractivity (Wildman–Crippen MR) is 49.9 cm³/mol. The van der Waals surface area contributed by atoms with E-state index in [-0.39, 0.29) is 13.0 Å². The van der Waals surface area contributed by atoms with Gasteiger partial charge in [-0.2, -0.15) is 0 Å². The molecule has 0 aliphatic heterocycles. The number of halogens is 1. The molecule has 0 saturated carbocycles. The Labute approximate surface area is 81.4 Å². The van der Waals surface area contributed by atoms with E-state index in [4.69, 9.17) is 5.11 Å². The lowest BCUT2D eigenvalue weighted by Gasteiger charge is -1.99. The molecule has 0 amide bonds. The predicted octanol–water partition coefficient (Wildman–Crippen LogP) is 1.26. The molecule has 0 spiro atoms. The first-order valence-electron chi connectivity index (χ1n) is 4.09. The van der Waals surface area contributed by atoms with E-state index in [1.54, 1.807) is 0 Å². The second-order valence-electron chi connectivity index (χ2n) is 2.63. The van der Waals surface area contributed by atoms with Gasteiger partial charge < -0.3 is 9.90 Å². The third kappa shape index (κ3) is 2.68. The van der Waals surface area contributed by atoms with Gasteiger partial charge in [0.25, 0.3) is 0 Å². The molecule has 0 bridgehead atoms. The van der Waals surface area contributed by atoms with Gasteiger partial charge in [-0.25, -0.2) is 4.39 Å². The van der Waals surface area contributed by atoms with Crippen LogP contribution < -0.4 is 0 Å². The number of rotatable bonds is 2. The highest BCUT2D eigenvalue weighted by atomic mass is 19.1. The molecule has 0 unspecified atom stereocenters. The maximum absolute atomic E-state index is 12.8. The summed E-state index contributed by atoms with van der Waals surface area (Å²) in [5, 5.41) is 8.91. The molecule has 72 valence electrons. The fourth-order valence-electron chi connectivity index (χ4n) is 0.991. The van der Waals surface area contributed by atoms with Crippen LogP contribution in [0.1, 0.15) is 17.5 Å². The van der Waals surface area contributed by atoms with E-state index >= 15 is 0 Å². The SMILES string of the molecule is O=CCC#Cc1cc(F)ccc1CO. The van der Waals surface area contributed by atoms with Crippen LogP contribution in [0.5, 0.6) is 0 Å². The zero-order valence-corrected chi connectivity index (χ0v) is 7.46. The molecule has 0 radical (unpaired) electrons. The zero-order valence-electron chi connectivity index (χ0n) is 7.46. The van der Waals surface area contributed by atoms with Crippen molar-refractivity contribution in [2.75, 3.05) is 0 Å². The molecule has 0 atom stereocenters. The Bertz CT molecular complexity index is 388. The van der Waals surface area contributed by atoms with Gasteiger partial charge in [0, 0.05) is 5.56 Å². The topological polar surface area (TPSA) is 37.3 Å². The lowest BCUT2D eigenvalue weighted by atomic mass is 10.1. The number of hydrogen-bond donors (Lipinski definition) is 1. The van der Waals surface area contributed by atoms with Crippen LogP contribution >= 0.6 is 0 Å². The first-order chi connectivity index (χ1) is 6.77. The Balaban J connectivity index is 3.00. The maximum Gasteiger partial charge on any atom is 0.131 e. The molecule has 0 fully saturated rings. The first kappa shape index (κ1) is 10.4. The fourth-order valence-corrected chi connectivity index (χ4v) is 0.991. The minimum Gasteiger partial charge on any atom is -0.392 e. The van der Waals surface area contributed by atoms with Crippen LogP contribution in [0.3, 0.4) is 0 Å². The fraction of sp³-hybridized carbons (Fsp3) is 0.182. The molecule has 0 aromatic heterocycles. The highest BCUT2D eigenvalue weighted by Gasteiger charge is 1.99. The van der Waals surface area contributed by atoms with Crippen LogP contribution in [0.25, 0.3) is 0 Å². The molecule has 1 N–H and O–H groups in total. The van der Waals surface area contributed by atoms with Crippen LogP contribution in [-0.2, 0) is 11.4 Å². The van der Waals surface area contributed by atoms with E-state index < -0.39 is 5.82 Å². The van der Waals surface area contributed by atoms with Crippen molar-refractivity contribution in [2.45, 2.75) is 13.0 Å². The van der Waals surface area contributed by atoms with Gasteiger partial charge in [-0.1, -0.05) is 17.9 Å². The molecule has 0 aliphatic carbocycles. The maximum atomic E-state index is 12.8. The van der Waals surface area contributed by atoms with Gasteiger partial charge in [0.05, 0.1) is 13.0 Å². The van der Waals surface area contributed by atoms with E-state index in [0.29, 0.717) is 17.4 Å². The van der Waals surface area contributed by atoms with Crippen molar-refractivity contribution in [1.29, 1.82) is 0 Å². The Morgan fingerprint density at radius 3 is 2.93 bits per heavy atom. The number of aldehydes is 1. The third-order valence-electron chi connectivity index (χ3n) is 1.65. The summed E-state index contributed by atoms with van der Waals surface area (Å²) in [7, 11) is 0. The van der Waals surface area contributed by atoms with Crippen molar-refractivity contribution in [3.05, 3.63) is 35.1 Å². The van der Waals surface area contributed by atoms with Gasteiger partial charge in [-0.3, -0.25) is 0 Å². The molecular formula is C11H9FO2. The van der Waals surface area contributed by atoms with Crippen molar-refractivity contribution in [3.8, 4) is 11.8 Å². The monoisotopic (exact) mass is 192 g/mol. The summed E-state index contributed by atoms with van der Waals surface area (Å²) in [5.74, 6) is 4.78. The molecule has 2 nitrogen and oxygen atoms in total. The Morgan fingerprint density at radius 1 is 1.50 bits per heavy atom. The second kappa shape index (κ2) is 5.15. The van der Waals surface area contributed by atoms with Gasteiger partial charge in [0.1, 0.15) is 12.1 Å². The van der Waals surface area contributed by atoms with Crippen molar-refractivity contribution < 1.29 is 14.3 Å². The number of aliphatic hydroxyl groups is 1. The van der Waals surface area contributed by atoms with Crippen LogP contribution in [0.15, 0.2) is 18.2 Å². The minimum atomic E-state index is -0.405. The lowest BCUT2D eigenvalue weighted by molar-refractivity contribution is -0.107. The van der Waals surface area contributed by atoms with Gasteiger partial charge >= 0.3 is 0 Å². The van der Waals surface area contributed by atoms with Crippen molar-refractivity contribution in [1.82, 2.24) is 0 Å². The number of carbonyl (C=O) groups excluding carboxylic acids is 1. The summed E-state index contributed by atoms with van der Waals surface area (Å²) in [6.45, 7) is -0.189. The molecule has 3 heteroatoms. The number of hydrogen-bond acceptors (Lipinski definition) is 2. The molecule has 1 rings (SSSR count). The van der Waals surface area contributed by atoms with E-state index in [0.717, 1.165) is 0 Å². The summed E-state index contributed by atoms with van der Waals surface area (Å²) in [4.78, 5) is 9.99. The number of benzene rings is 1. The molecular weight excluding hydrogens is 183 g/mol. The largest absolute Gasteiger partial charge is 0.392 e. The molecule has 0 aliphatic rings. The van der Waals surface area contributed by atoms with Gasteiger partial charge in [0.15, 0.2) is 0 Å². The Morgan fingerprint density at radius 2 is 2.29 bits per heavy atom. The zero-order chi connectivity index (χ0) is 10.4. The van der Waals surface area contributed by atoms with Crippen molar-refractivity contribution in [3.63, 3.8) is 0 Å². The first-order valence-corrected chi connectivity index (χ1v) is 4.09. The average molecular weight is 192 g/mol. The summed E-state index contributed by atoms with van der Waals surface area (Å²) < 4.78 is 12.8. The van der Waals surface area contributed by atoms with E-state index in [1.807, 2.05) is 0 Å². The van der Waals surface area contributed by atoms with Gasteiger partial charge in [-0.15, -0.1) is 0 Å². The van der Waals surface area contributed by atoms with Crippen LogP contribution in [0.4, 0.5) is 4.39 Å². The van der Waals surface area contributed by atoms with Crippen LogP contribution in [-0.4, -0.2) is 11.4 Å². The molecule has 0 saturated heterocycles. The van der Waals surface area contributed by atoms with Gasteiger partial charge in [-0.05, 0) is 17.7 Å². The van der Waals surface area contributed by atoms with E-state index in [1.165, 1.54) is 18.2 Å². The smallest absolute Gasteiger partial charge is 0.131 e. The summed E-state index contributed by atoms with van der Waals surface area (Å²) in [6, 6.07) is 3.97. The standard InChI is InChI=1S/C11H9FO2/c12-11-5-4-10(8-14)9(7-11)3-1-2-6-13/h4-7,14H,2,8H2. The van der Waals surface area contributed by atoms with Crippen LogP contribution in [0, 0.1) is 17.7 Å². The van der Waals surface area contributed by atoms with Crippen molar-refractivity contribution in [2.24, 2.45) is 0 Å².